The fourth-order valence-corrected chi connectivity index (χ4v) is 6.05. The van der Waals surface area contributed by atoms with Gasteiger partial charge in [0, 0.05) is 50.6 Å². The summed E-state index contributed by atoms with van der Waals surface area (Å²) < 4.78 is 51.4. The molecular weight excluding hydrogens is 622 g/mol. The lowest BCUT2D eigenvalue weighted by Crippen LogP contribution is -2.46. The number of piperidine rings is 1. The Balaban J connectivity index is 1.56. The molecule has 2 heterocycles. The van der Waals surface area contributed by atoms with Gasteiger partial charge in [0.2, 0.25) is 5.91 Å². The second-order valence-electron chi connectivity index (χ2n) is 12.2. The molecule has 0 radical (unpaired) electrons. The fraction of sp³-hybridized carbons (Fsp3) is 0.516. The van der Waals surface area contributed by atoms with Crippen LogP contribution in [0.15, 0.2) is 36.4 Å². The summed E-state index contributed by atoms with van der Waals surface area (Å²) in [7, 11) is 2.65. The molecule has 0 aromatic heterocycles. The van der Waals surface area contributed by atoms with Gasteiger partial charge >= 0.3 is 12.3 Å². The Labute approximate surface area is 265 Å². The quantitative estimate of drug-likeness (QED) is 0.356. The number of amides is 3. The molecular formula is C31H36Cl2F3N3O5. The normalized spacial score (nSPS) is 19.6. The van der Waals surface area contributed by atoms with Crippen molar-refractivity contribution in [2.45, 2.75) is 57.3 Å². The first kappa shape index (κ1) is 33.7. The Hall–Kier alpha value is -3.18. The molecule has 2 aliphatic heterocycles. The van der Waals surface area contributed by atoms with Crippen LogP contribution in [0.3, 0.4) is 0 Å². The van der Waals surface area contributed by atoms with Gasteiger partial charge in [-0.1, -0.05) is 29.3 Å². The molecule has 3 amide bonds. The van der Waals surface area contributed by atoms with Gasteiger partial charge in [0.05, 0.1) is 28.8 Å². The van der Waals surface area contributed by atoms with E-state index in [1.807, 2.05) is 0 Å². The maximum Gasteiger partial charge on any atom is 0.419 e. The molecule has 2 aliphatic rings. The van der Waals surface area contributed by atoms with Crippen molar-refractivity contribution in [3.05, 3.63) is 63.1 Å². The monoisotopic (exact) mass is 657 g/mol. The number of halogens is 5. The zero-order valence-corrected chi connectivity index (χ0v) is 26.7. The average molecular weight is 659 g/mol. The number of hydrogen-bond donors (Lipinski definition) is 0. The van der Waals surface area contributed by atoms with Crippen LogP contribution in [0, 0.1) is 5.92 Å². The highest BCUT2D eigenvalue weighted by Gasteiger charge is 2.43. The second-order valence-corrected chi connectivity index (χ2v) is 13.0. The first-order valence-corrected chi connectivity index (χ1v) is 15.0. The van der Waals surface area contributed by atoms with Crippen molar-refractivity contribution in [1.29, 1.82) is 0 Å². The molecule has 240 valence electrons. The number of methoxy groups -OCH3 is 1. The van der Waals surface area contributed by atoms with Gasteiger partial charge in [-0.2, -0.15) is 13.2 Å². The van der Waals surface area contributed by atoms with E-state index in [1.54, 1.807) is 48.8 Å². The van der Waals surface area contributed by atoms with E-state index < -0.39 is 35.4 Å². The van der Waals surface area contributed by atoms with Crippen molar-refractivity contribution in [2.75, 3.05) is 40.3 Å². The van der Waals surface area contributed by atoms with Crippen molar-refractivity contribution in [3.8, 4) is 5.75 Å². The Morgan fingerprint density at radius 2 is 1.59 bits per heavy atom. The molecule has 2 saturated heterocycles. The van der Waals surface area contributed by atoms with Gasteiger partial charge in [0.15, 0.2) is 0 Å². The maximum atomic E-state index is 13.7. The number of rotatable bonds is 5. The number of likely N-dealkylation sites (tertiary alicyclic amines) is 2. The Morgan fingerprint density at radius 3 is 2.16 bits per heavy atom. The summed E-state index contributed by atoms with van der Waals surface area (Å²) in [5.41, 5.74) is -1.10. The average Bonchev–Trinajstić information content (AvgIpc) is 3.41. The predicted octanol–water partition coefficient (Wildman–Crippen LogP) is 6.73. The minimum atomic E-state index is -4.72. The molecule has 2 atom stereocenters. The van der Waals surface area contributed by atoms with Gasteiger partial charge < -0.3 is 24.2 Å². The molecule has 0 spiro atoms. The molecule has 0 saturated carbocycles. The number of carbonyl (C=O) groups is 3. The van der Waals surface area contributed by atoms with Crippen LogP contribution in [0.2, 0.25) is 10.0 Å². The van der Waals surface area contributed by atoms with Crippen LogP contribution in [0.1, 0.15) is 61.0 Å². The van der Waals surface area contributed by atoms with E-state index in [4.69, 9.17) is 32.7 Å². The molecule has 2 aromatic rings. The van der Waals surface area contributed by atoms with Crippen molar-refractivity contribution < 1.29 is 37.0 Å². The van der Waals surface area contributed by atoms with E-state index >= 15 is 0 Å². The molecule has 0 N–H and O–H groups in total. The number of benzene rings is 2. The van der Waals surface area contributed by atoms with Crippen LogP contribution in [-0.2, 0) is 15.7 Å². The third kappa shape index (κ3) is 7.54. The molecule has 2 fully saturated rings. The maximum absolute atomic E-state index is 13.7. The Bertz CT molecular complexity index is 1410. The van der Waals surface area contributed by atoms with Gasteiger partial charge in [-0.25, -0.2) is 4.79 Å². The highest BCUT2D eigenvalue weighted by molar-refractivity contribution is 6.42. The van der Waals surface area contributed by atoms with E-state index in [-0.39, 0.29) is 42.1 Å². The summed E-state index contributed by atoms with van der Waals surface area (Å²) >= 11 is 12.5. The van der Waals surface area contributed by atoms with E-state index in [1.165, 1.54) is 18.0 Å². The van der Waals surface area contributed by atoms with E-state index in [0.29, 0.717) is 36.0 Å². The SMILES string of the molecule is COc1ccc(C(=O)N(C)[C@@H]2CN(C(=O)C3CCN(C(=O)OC(C)(C)C)CC3)C[C@@H]2c2ccc(Cl)c(Cl)c2)cc1C(F)(F)F. The number of nitrogens with zero attached hydrogens (tertiary/aromatic N) is 3. The summed E-state index contributed by atoms with van der Waals surface area (Å²) in [5.74, 6) is -1.84. The molecule has 44 heavy (non-hydrogen) atoms. The van der Waals surface area contributed by atoms with Crippen molar-refractivity contribution in [2.24, 2.45) is 5.92 Å². The molecule has 13 heteroatoms. The van der Waals surface area contributed by atoms with Crippen LogP contribution in [-0.4, -0.2) is 84.6 Å². The number of alkyl halides is 3. The molecule has 0 aliphatic carbocycles. The first-order chi connectivity index (χ1) is 20.5. The summed E-state index contributed by atoms with van der Waals surface area (Å²) in [6, 6.07) is 7.71. The highest BCUT2D eigenvalue weighted by Crippen LogP contribution is 2.39. The largest absolute Gasteiger partial charge is 0.496 e. The van der Waals surface area contributed by atoms with Crippen LogP contribution < -0.4 is 4.74 Å². The van der Waals surface area contributed by atoms with Crippen molar-refractivity contribution in [3.63, 3.8) is 0 Å². The van der Waals surface area contributed by atoms with Crippen LogP contribution in [0.25, 0.3) is 0 Å². The summed E-state index contributed by atoms with van der Waals surface area (Å²) in [5, 5.41) is 0.651. The van der Waals surface area contributed by atoms with Crippen molar-refractivity contribution >= 4 is 41.1 Å². The summed E-state index contributed by atoms with van der Waals surface area (Å²) in [6.07, 6.45) is -4.23. The van der Waals surface area contributed by atoms with Gasteiger partial charge in [-0.05, 0) is 69.5 Å². The fourth-order valence-electron chi connectivity index (χ4n) is 5.74. The molecule has 4 rings (SSSR count). The second kappa shape index (κ2) is 13.0. The van der Waals surface area contributed by atoms with E-state index in [0.717, 1.165) is 24.8 Å². The minimum absolute atomic E-state index is 0.106. The standard InChI is InChI=1S/C31H36Cl2F3N3O5/c1-30(2,3)44-29(42)38-12-10-18(11-13-38)28(41)39-16-21(19-6-8-23(32)24(33)15-19)25(17-39)37(4)27(40)20-7-9-26(43-5)22(14-20)31(34,35)36/h6-9,14-15,18,21,25H,10-13,16-17H2,1-5H3/t21-,25-/m1/s1. The van der Waals surface area contributed by atoms with Gasteiger partial charge in [-0.3, -0.25) is 9.59 Å². The highest BCUT2D eigenvalue weighted by atomic mass is 35.5. The zero-order valence-electron chi connectivity index (χ0n) is 25.2. The third-order valence-corrected chi connectivity index (χ3v) is 8.78. The number of likely N-dealkylation sites (N-methyl/N-ethyl adjacent to an activating group) is 1. The predicted molar refractivity (Wildman–Crippen MR) is 160 cm³/mol. The number of hydrogen-bond acceptors (Lipinski definition) is 5. The van der Waals surface area contributed by atoms with Crippen molar-refractivity contribution in [1.82, 2.24) is 14.7 Å². The van der Waals surface area contributed by atoms with Crippen LogP contribution >= 0.6 is 23.2 Å². The lowest BCUT2D eigenvalue weighted by molar-refractivity contribution is -0.139. The van der Waals surface area contributed by atoms with Gasteiger partial charge in [0.25, 0.3) is 5.91 Å². The van der Waals surface area contributed by atoms with E-state index in [2.05, 4.69) is 0 Å². The number of carbonyl (C=O) groups excluding carboxylic acids is 3. The summed E-state index contributed by atoms with van der Waals surface area (Å²) in [4.78, 5) is 44.5. The Morgan fingerprint density at radius 1 is 0.932 bits per heavy atom. The van der Waals surface area contributed by atoms with Crippen LogP contribution in [0.4, 0.5) is 18.0 Å². The molecule has 2 aromatic carbocycles. The lowest BCUT2D eigenvalue weighted by Gasteiger charge is -2.34. The molecule has 0 bridgehead atoms. The Kier molecular flexibility index (Phi) is 9.99. The zero-order chi connectivity index (χ0) is 32.6. The molecule has 0 unspecified atom stereocenters. The van der Waals surface area contributed by atoms with E-state index in [9.17, 15) is 27.6 Å². The first-order valence-electron chi connectivity index (χ1n) is 14.2. The minimum Gasteiger partial charge on any atom is -0.496 e. The smallest absolute Gasteiger partial charge is 0.419 e. The lowest BCUT2D eigenvalue weighted by atomic mass is 9.93. The summed E-state index contributed by atoms with van der Waals surface area (Å²) in [6.45, 7) is 6.55. The van der Waals surface area contributed by atoms with Crippen LogP contribution in [0.5, 0.6) is 5.75 Å². The van der Waals surface area contributed by atoms with Gasteiger partial charge in [0.1, 0.15) is 11.4 Å². The third-order valence-electron chi connectivity index (χ3n) is 8.04. The number of ether oxygens (including phenoxy) is 2. The molecule has 8 nitrogen and oxygen atoms in total. The van der Waals surface area contributed by atoms with Gasteiger partial charge in [-0.15, -0.1) is 0 Å². The topological polar surface area (TPSA) is 79.4 Å².